The molecule has 5 aliphatic heterocycles. The van der Waals surface area contributed by atoms with Crippen LogP contribution in [-0.2, 0) is 56.2 Å². The molecule has 0 aromatic carbocycles. The summed E-state index contributed by atoms with van der Waals surface area (Å²) in [7, 11) is 0. The number of rotatable bonds is 0. The van der Waals surface area contributed by atoms with Gasteiger partial charge in [-0.25, -0.2) is 38.7 Å². The van der Waals surface area contributed by atoms with Gasteiger partial charge in [-0.3, -0.25) is 13.7 Å². The molecule has 0 radical (unpaired) electrons. The minimum Gasteiger partial charge on any atom is -0.780 e. The van der Waals surface area contributed by atoms with E-state index in [0.717, 1.165) is 0 Å². The molecule has 5 aliphatic rings. The summed E-state index contributed by atoms with van der Waals surface area (Å²) in [6.45, 7) is -9.67. The van der Waals surface area contributed by atoms with Crippen molar-refractivity contribution in [2.45, 2.75) is 49.2 Å². The standard InChI is InChI=1S/C24H26F2N10O8P2S2.2Na/c25-13-17-11-5-39-46(38,48)44-18-12(6-40-45(37,47)43-17)42-24(14(18)26)36-10-34-16-20(30-8-32-22(16)36)28-4-2-1-3-27-19-15-21(31-7-29-19)35(9-33-15)23(13)41-11;;/h1-2,7-14,17-18,23-24H,3-6H2,(H,37,47)(H,38,48)(H,27,29,31)(H,28,30,32);;/q;2*+1/p-2/b2-1-;;/t11-,12-,13-,14-,17-,18-,23-,24-,45?,46?;;/m1../s1. The summed E-state index contributed by atoms with van der Waals surface area (Å²) in [5.74, 6) is 0.727. The second-order valence-electron chi connectivity index (χ2n) is 11.0. The van der Waals surface area contributed by atoms with Gasteiger partial charge in [0.1, 0.15) is 43.8 Å². The average molecular weight is 791 g/mol. The third-order valence-electron chi connectivity index (χ3n) is 8.04. The Bertz CT molecular complexity index is 1870. The van der Waals surface area contributed by atoms with Crippen LogP contribution in [-0.4, -0.2) is 102 Å². The number of fused-ring (bicyclic) bond motifs is 10. The molecule has 0 amide bonds. The van der Waals surface area contributed by atoms with Crippen LogP contribution in [0.1, 0.15) is 12.5 Å². The number of imidazole rings is 2. The number of hydrogen-bond acceptors (Lipinski definition) is 18. The Balaban J connectivity index is 0.00000216. The number of anilines is 2. The third kappa shape index (κ3) is 7.48. The van der Waals surface area contributed by atoms with Gasteiger partial charge < -0.3 is 55.3 Å². The van der Waals surface area contributed by atoms with E-state index in [-0.39, 0.29) is 70.4 Å². The number of aromatic nitrogens is 8. The number of nitrogens with one attached hydrogen (secondary N) is 2. The molecule has 3 fully saturated rings. The maximum absolute atomic E-state index is 16.2. The van der Waals surface area contributed by atoms with Crippen molar-refractivity contribution in [2.75, 3.05) is 36.9 Å². The van der Waals surface area contributed by atoms with Crippen LogP contribution in [0.15, 0.2) is 37.5 Å². The van der Waals surface area contributed by atoms with Crippen LogP contribution in [0.25, 0.3) is 22.3 Å². The number of halogens is 2. The molecule has 10 atom stereocenters. The van der Waals surface area contributed by atoms with Gasteiger partial charge in [0, 0.05) is 13.1 Å². The molecule has 26 heteroatoms. The monoisotopic (exact) mass is 790 g/mol. The Morgan fingerprint density at radius 3 is 1.80 bits per heavy atom. The van der Waals surface area contributed by atoms with Gasteiger partial charge in [-0.05, 0) is 0 Å². The van der Waals surface area contributed by atoms with E-state index in [0.29, 0.717) is 35.8 Å². The van der Waals surface area contributed by atoms with Crippen molar-refractivity contribution in [1.82, 2.24) is 39.0 Å². The molecule has 2 N–H and O–H groups in total. The Hall–Kier alpha value is -0.750. The summed E-state index contributed by atoms with van der Waals surface area (Å²) in [6.07, 6.45) is -4.21. The van der Waals surface area contributed by atoms with Crippen molar-refractivity contribution in [1.29, 1.82) is 0 Å². The topological polar surface area (TPSA) is 207 Å². The molecule has 18 nitrogen and oxygen atoms in total. The van der Waals surface area contributed by atoms with Crippen LogP contribution in [0.3, 0.4) is 0 Å². The molecule has 3 saturated heterocycles. The predicted molar refractivity (Wildman–Crippen MR) is 165 cm³/mol. The van der Waals surface area contributed by atoms with Gasteiger partial charge in [-0.15, -0.1) is 0 Å². The normalized spacial score (nSPS) is 36.5. The van der Waals surface area contributed by atoms with Crippen molar-refractivity contribution < 1.29 is 105 Å². The van der Waals surface area contributed by atoms with Crippen molar-refractivity contribution >= 4 is 71.5 Å². The Kier molecular flexibility index (Phi) is 12.1. The first kappa shape index (κ1) is 39.0. The average Bonchev–Trinajstić information content (AvgIpc) is 3.81. The SMILES string of the molecule is O=P1([S-])OC[C@H]2O[C@@H]3[C@H](F)[C@@H]2OP([O-])(=S)OC[C@H]2O[C@H]([C@H](F)[C@@H]2O1)n1cnc2c(ncnc21)NC/C=C\CNc1ncnc2c1ncn23.[Na+].[Na+]. The second kappa shape index (κ2) is 15.5. The molecule has 0 aliphatic carbocycles. The Morgan fingerprint density at radius 2 is 1.28 bits per heavy atom. The van der Waals surface area contributed by atoms with E-state index in [1.54, 1.807) is 0 Å². The van der Waals surface area contributed by atoms with Crippen molar-refractivity contribution in [3.8, 4) is 0 Å². The zero-order valence-electron chi connectivity index (χ0n) is 26.2. The molecule has 2 unspecified atom stereocenters. The first-order valence-corrected chi connectivity index (χ1v) is 19.5. The minimum absolute atomic E-state index is 0. The molecule has 4 aromatic heterocycles. The molecule has 9 rings (SSSR count). The van der Waals surface area contributed by atoms with Crippen LogP contribution in [0.4, 0.5) is 20.4 Å². The van der Waals surface area contributed by atoms with E-state index >= 15 is 8.78 Å². The summed E-state index contributed by atoms with van der Waals surface area (Å²) in [4.78, 5) is 39.1. The van der Waals surface area contributed by atoms with E-state index in [1.165, 1.54) is 34.4 Å². The fourth-order valence-corrected chi connectivity index (χ4v) is 8.70. The van der Waals surface area contributed by atoms with Crippen LogP contribution in [0, 0.1) is 0 Å². The second-order valence-corrected chi connectivity index (χ2v) is 16.4. The number of hydrogen-bond donors (Lipinski definition) is 2. The van der Waals surface area contributed by atoms with Crippen molar-refractivity contribution in [2.24, 2.45) is 0 Å². The van der Waals surface area contributed by atoms with Gasteiger partial charge in [-0.1, -0.05) is 24.0 Å². The molecular weight excluding hydrogens is 766 g/mol. The van der Waals surface area contributed by atoms with Crippen molar-refractivity contribution in [3.63, 3.8) is 0 Å². The molecular formula is C24H24F2N10Na2O8P2S2. The summed E-state index contributed by atoms with van der Waals surface area (Å²) in [6, 6.07) is 0. The van der Waals surface area contributed by atoms with E-state index in [9.17, 15) is 9.46 Å². The van der Waals surface area contributed by atoms with E-state index < -0.39 is 75.9 Å². The summed E-state index contributed by atoms with van der Waals surface area (Å²) < 4.78 is 82.2. The van der Waals surface area contributed by atoms with E-state index in [2.05, 4.69) is 40.5 Å². The number of ether oxygens (including phenoxy) is 2. The first-order valence-electron chi connectivity index (χ1n) is 14.4. The number of nitrogens with zero attached hydrogens (tertiary/aromatic N) is 8. The smallest absolute Gasteiger partial charge is 0.780 e. The molecule has 256 valence electrons. The molecule has 0 spiro atoms. The quantitative estimate of drug-likeness (QED) is 0.0747. The van der Waals surface area contributed by atoms with Gasteiger partial charge >= 0.3 is 59.1 Å². The predicted octanol–water partition coefficient (Wildman–Crippen LogP) is -4.40. The fraction of sp³-hybridized carbons (Fsp3) is 0.500. The summed E-state index contributed by atoms with van der Waals surface area (Å²) >= 11 is 10.2. The van der Waals surface area contributed by atoms with E-state index in [4.69, 9.17) is 51.6 Å². The maximum atomic E-state index is 16.2. The summed E-state index contributed by atoms with van der Waals surface area (Å²) in [5, 5.41) is 6.27. The van der Waals surface area contributed by atoms with Gasteiger partial charge in [0.15, 0.2) is 65.6 Å². The molecule has 14 bridgehead atoms. The Morgan fingerprint density at radius 1 is 0.800 bits per heavy atom. The van der Waals surface area contributed by atoms with Crippen LogP contribution in [0.5, 0.6) is 0 Å². The Labute approximate surface area is 336 Å². The summed E-state index contributed by atoms with van der Waals surface area (Å²) in [5.41, 5.74) is 1.02. The molecule has 9 heterocycles. The van der Waals surface area contributed by atoms with Gasteiger partial charge in [0.25, 0.3) is 0 Å². The number of alkyl halides is 2. The van der Waals surface area contributed by atoms with E-state index in [1.807, 2.05) is 12.2 Å². The largest absolute Gasteiger partial charge is 1.00 e. The van der Waals surface area contributed by atoms with Crippen LogP contribution < -0.4 is 74.6 Å². The zero-order valence-corrected chi connectivity index (χ0v) is 33.6. The zero-order chi connectivity index (χ0) is 33.2. The molecule has 50 heavy (non-hydrogen) atoms. The van der Waals surface area contributed by atoms with Gasteiger partial charge in [-0.2, -0.15) is 0 Å². The minimum atomic E-state index is -4.50. The molecule has 0 saturated carbocycles. The third-order valence-corrected chi connectivity index (χ3v) is 11.1. The van der Waals surface area contributed by atoms with Gasteiger partial charge in [0.2, 0.25) is 0 Å². The van der Waals surface area contributed by atoms with Crippen LogP contribution in [0.2, 0.25) is 0 Å². The van der Waals surface area contributed by atoms with Gasteiger partial charge in [0.05, 0.1) is 25.9 Å². The van der Waals surface area contributed by atoms with Crippen LogP contribution >= 0.6 is 13.5 Å². The maximum Gasteiger partial charge on any atom is 1.00 e. The van der Waals surface area contributed by atoms with Crippen molar-refractivity contribution in [3.05, 3.63) is 37.5 Å². The molecule has 4 aromatic rings. The fourth-order valence-electron chi connectivity index (χ4n) is 5.86. The first-order chi connectivity index (χ1) is 23.1.